The third-order valence-corrected chi connectivity index (χ3v) is 5.59. The van der Waals surface area contributed by atoms with Gasteiger partial charge in [-0.15, -0.1) is 5.10 Å². The van der Waals surface area contributed by atoms with E-state index in [0.29, 0.717) is 30.9 Å². The Morgan fingerprint density at radius 1 is 1.00 bits per heavy atom. The summed E-state index contributed by atoms with van der Waals surface area (Å²) in [6, 6.07) is 16.8. The van der Waals surface area contributed by atoms with Gasteiger partial charge in [0.2, 0.25) is 5.82 Å². The van der Waals surface area contributed by atoms with E-state index in [1.165, 1.54) is 0 Å². The molecule has 0 aliphatic carbocycles. The Kier molecular flexibility index (Phi) is 6.18. The predicted molar refractivity (Wildman–Crippen MR) is 125 cm³/mol. The van der Waals surface area contributed by atoms with Crippen LogP contribution in [0, 0.1) is 0 Å². The molecule has 0 spiro atoms. The van der Waals surface area contributed by atoms with Crippen molar-refractivity contribution in [2.45, 2.75) is 39.3 Å². The summed E-state index contributed by atoms with van der Waals surface area (Å²) in [6.07, 6.45) is 1.57. The summed E-state index contributed by atoms with van der Waals surface area (Å²) in [5, 5.41) is 4.38. The third-order valence-electron chi connectivity index (χ3n) is 5.59. The minimum Gasteiger partial charge on any atom is -0.491 e. The molecule has 172 valence electrons. The minimum atomic E-state index is -0.574. The van der Waals surface area contributed by atoms with Crippen molar-refractivity contribution in [1.29, 1.82) is 0 Å². The second-order valence-electron chi connectivity index (χ2n) is 9.04. The number of para-hydroxylation sites is 1. The minimum absolute atomic E-state index is 0.0304. The van der Waals surface area contributed by atoms with Gasteiger partial charge in [0.15, 0.2) is 0 Å². The van der Waals surface area contributed by atoms with Gasteiger partial charge in [-0.3, -0.25) is 9.59 Å². The molecule has 8 nitrogen and oxygen atoms in total. The Balaban J connectivity index is 1.47. The number of rotatable bonds is 5. The van der Waals surface area contributed by atoms with E-state index in [-0.39, 0.29) is 23.7 Å². The van der Waals surface area contributed by atoms with E-state index < -0.39 is 5.54 Å². The van der Waals surface area contributed by atoms with Gasteiger partial charge in [0.25, 0.3) is 11.8 Å². The van der Waals surface area contributed by atoms with E-state index in [9.17, 15) is 9.59 Å². The summed E-state index contributed by atoms with van der Waals surface area (Å²) >= 11 is 0. The summed E-state index contributed by atoms with van der Waals surface area (Å²) in [7, 11) is 0. The van der Waals surface area contributed by atoms with Gasteiger partial charge in [0.05, 0.1) is 17.3 Å². The largest absolute Gasteiger partial charge is 0.491 e. The number of benzene rings is 2. The van der Waals surface area contributed by atoms with Gasteiger partial charge in [-0.2, -0.15) is 0 Å². The Labute approximate surface area is 193 Å². The molecule has 2 amide bonds. The summed E-state index contributed by atoms with van der Waals surface area (Å²) < 4.78 is 7.31. The first-order valence-corrected chi connectivity index (χ1v) is 11.1. The molecule has 1 aliphatic heterocycles. The van der Waals surface area contributed by atoms with Gasteiger partial charge in [-0.25, -0.2) is 9.67 Å². The molecule has 3 aromatic rings. The molecule has 1 aliphatic rings. The molecule has 0 unspecified atom stereocenters. The van der Waals surface area contributed by atoms with Crippen LogP contribution in [0.5, 0.6) is 5.75 Å². The fraction of sp³-hybridized carbons (Fsp3) is 0.360. The number of hydrogen-bond donors (Lipinski definition) is 0. The van der Waals surface area contributed by atoms with Crippen molar-refractivity contribution in [3.05, 3.63) is 72.3 Å². The fourth-order valence-electron chi connectivity index (χ4n) is 4.05. The number of carbonyl (C=O) groups excluding carboxylic acids is 2. The number of amides is 2. The Bertz CT molecular complexity index is 1140. The van der Waals surface area contributed by atoms with E-state index in [1.807, 2.05) is 70.2 Å². The summed E-state index contributed by atoms with van der Waals surface area (Å²) in [6.45, 7) is 9.05. The highest BCUT2D eigenvalue weighted by Crippen LogP contribution is 2.25. The van der Waals surface area contributed by atoms with Gasteiger partial charge in [0, 0.05) is 25.2 Å². The number of hydrogen-bond acceptors (Lipinski definition) is 5. The molecule has 33 heavy (non-hydrogen) atoms. The molecular weight excluding hydrogens is 418 g/mol. The maximum absolute atomic E-state index is 13.2. The lowest BCUT2D eigenvalue weighted by molar-refractivity contribution is 0.0160. The SMILES string of the molecule is CC(C)Oc1cccc(C(=O)N2CCN(C(=O)c3ncn(-c4ccccc4)n3)C(C)(C)C2)c1. The van der Waals surface area contributed by atoms with Crippen LogP contribution >= 0.6 is 0 Å². The van der Waals surface area contributed by atoms with Crippen molar-refractivity contribution in [1.82, 2.24) is 24.6 Å². The van der Waals surface area contributed by atoms with Gasteiger partial charge >= 0.3 is 0 Å². The number of nitrogens with zero attached hydrogens (tertiary/aromatic N) is 5. The second kappa shape index (κ2) is 9.05. The zero-order valence-corrected chi connectivity index (χ0v) is 19.4. The highest BCUT2D eigenvalue weighted by molar-refractivity contribution is 5.95. The maximum Gasteiger partial charge on any atom is 0.294 e. The zero-order chi connectivity index (χ0) is 23.6. The van der Waals surface area contributed by atoms with E-state index in [4.69, 9.17) is 4.74 Å². The van der Waals surface area contributed by atoms with Crippen LogP contribution in [0.2, 0.25) is 0 Å². The predicted octanol–water partition coefficient (Wildman–Crippen LogP) is 3.43. The van der Waals surface area contributed by atoms with Crippen molar-refractivity contribution in [3.8, 4) is 11.4 Å². The second-order valence-corrected chi connectivity index (χ2v) is 9.04. The molecule has 0 radical (unpaired) electrons. The van der Waals surface area contributed by atoms with Gasteiger partial charge in [0.1, 0.15) is 12.1 Å². The smallest absolute Gasteiger partial charge is 0.294 e. The van der Waals surface area contributed by atoms with Crippen LogP contribution < -0.4 is 4.74 Å². The molecule has 0 bridgehead atoms. The van der Waals surface area contributed by atoms with Crippen LogP contribution in [0.25, 0.3) is 5.69 Å². The van der Waals surface area contributed by atoms with Gasteiger partial charge in [-0.1, -0.05) is 24.3 Å². The quantitative estimate of drug-likeness (QED) is 0.599. The standard InChI is InChI=1S/C25H29N5O3/c1-18(2)33-21-12-8-9-19(15-21)23(31)28-13-14-29(25(3,4)16-28)24(32)22-26-17-30(27-22)20-10-6-5-7-11-20/h5-12,15,17-18H,13-14,16H2,1-4H3. The molecule has 8 heteroatoms. The molecule has 1 aromatic heterocycles. The number of carbonyl (C=O) groups is 2. The van der Waals surface area contributed by atoms with Crippen molar-refractivity contribution >= 4 is 11.8 Å². The Morgan fingerprint density at radius 2 is 1.76 bits per heavy atom. The van der Waals surface area contributed by atoms with Crippen molar-refractivity contribution in [3.63, 3.8) is 0 Å². The van der Waals surface area contributed by atoms with E-state index in [1.54, 1.807) is 32.9 Å². The van der Waals surface area contributed by atoms with Crippen LogP contribution in [0.15, 0.2) is 60.9 Å². The lowest BCUT2D eigenvalue weighted by Gasteiger charge is -2.46. The number of piperazine rings is 1. The highest BCUT2D eigenvalue weighted by atomic mass is 16.5. The fourth-order valence-corrected chi connectivity index (χ4v) is 4.05. The molecule has 2 heterocycles. The van der Waals surface area contributed by atoms with Crippen LogP contribution in [0.4, 0.5) is 0 Å². The van der Waals surface area contributed by atoms with Crippen LogP contribution in [0.1, 0.15) is 48.7 Å². The maximum atomic E-state index is 13.2. The molecule has 0 saturated carbocycles. The van der Waals surface area contributed by atoms with Gasteiger partial charge in [-0.05, 0) is 58.0 Å². The summed E-state index contributed by atoms with van der Waals surface area (Å²) in [5.74, 6) is 0.499. The molecule has 0 atom stereocenters. The van der Waals surface area contributed by atoms with Crippen molar-refractivity contribution in [2.24, 2.45) is 0 Å². The van der Waals surface area contributed by atoms with E-state index in [0.717, 1.165) is 5.69 Å². The van der Waals surface area contributed by atoms with E-state index >= 15 is 0 Å². The molecule has 1 saturated heterocycles. The Morgan fingerprint density at radius 3 is 2.45 bits per heavy atom. The monoisotopic (exact) mass is 447 g/mol. The lowest BCUT2D eigenvalue weighted by Crippen LogP contribution is -2.62. The van der Waals surface area contributed by atoms with Gasteiger partial charge < -0.3 is 14.5 Å². The van der Waals surface area contributed by atoms with Crippen molar-refractivity contribution in [2.75, 3.05) is 19.6 Å². The normalized spacial score (nSPS) is 15.5. The number of aromatic nitrogens is 3. The average molecular weight is 448 g/mol. The van der Waals surface area contributed by atoms with Crippen LogP contribution in [0.3, 0.4) is 0 Å². The van der Waals surface area contributed by atoms with Crippen molar-refractivity contribution < 1.29 is 14.3 Å². The molecular formula is C25H29N5O3. The molecule has 4 rings (SSSR count). The molecule has 1 fully saturated rings. The first-order chi connectivity index (χ1) is 15.7. The number of ether oxygens (including phenoxy) is 1. The lowest BCUT2D eigenvalue weighted by atomic mass is 9.97. The van der Waals surface area contributed by atoms with Crippen LogP contribution in [-0.4, -0.2) is 67.7 Å². The first kappa shape index (κ1) is 22.5. The zero-order valence-electron chi connectivity index (χ0n) is 19.4. The third kappa shape index (κ3) is 4.89. The van der Waals surface area contributed by atoms with Crippen LogP contribution in [-0.2, 0) is 0 Å². The average Bonchev–Trinajstić information content (AvgIpc) is 3.28. The topological polar surface area (TPSA) is 80.6 Å². The summed E-state index contributed by atoms with van der Waals surface area (Å²) in [5.41, 5.74) is 0.837. The summed E-state index contributed by atoms with van der Waals surface area (Å²) in [4.78, 5) is 34.2. The van der Waals surface area contributed by atoms with E-state index in [2.05, 4.69) is 10.1 Å². The molecule has 0 N–H and O–H groups in total. The Hall–Kier alpha value is -3.68. The highest BCUT2D eigenvalue weighted by Gasteiger charge is 2.40. The first-order valence-electron chi connectivity index (χ1n) is 11.1. The molecule has 2 aromatic carbocycles.